The Bertz CT molecular complexity index is 502. The van der Waals surface area contributed by atoms with Crippen molar-refractivity contribution in [1.29, 1.82) is 0 Å². The first-order valence-electron chi connectivity index (χ1n) is 7.36. The number of rotatable bonds is 4. The van der Waals surface area contributed by atoms with Gasteiger partial charge in [0.2, 0.25) is 0 Å². The van der Waals surface area contributed by atoms with Crippen LogP contribution in [0.5, 0.6) is 0 Å². The van der Waals surface area contributed by atoms with Crippen LogP contribution in [-0.4, -0.2) is 54.3 Å². The Labute approximate surface area is 126 Å². The number of hydrogen-bond donors (Lipinski definition) is 0. The molecule has 0 saturated carbocycles. The molecule has 0 aromatic carbocycles. The molecular weight excluding hydrogens is 268 g/mol. The number of morpholine rings is 1. The Balaban J connectivity index is 2.21. The molecular formula is C16H24N2O3. The molecule has 0 radical (unpaired) electrons. The minimum atomic E-state index is -0.377. The van der Waals surface area contributed by atoms with Crippen LogP contribution in [0.25, 0.3) is 0 Å². The average Bonchev–Trinajstić information content (AvgIpc) is 2.45. The molecule has 0 bridgehead atoms. The van der Waals surface area contributed by atoms with E-state index in [1.165, 1.54) is 0 Å². The molecule has 0 N–H and O–H groups in total. The summed E-state index contributed by atoms with van der Waals surface area (Å²) in [5, 5.41) is 0. The molecule has 0 aliphatic carbocycles. The molecule has 1 aliphatic rings. The van der Waals surface area contributed by atoms with Crippen LogP contribution in [0, 0.1) is 0 Å². The molecule has 21 heavy (non-hydrogen) atoms. The van der Waals surface area contributed by atoms with Crippen LogP contribution in [0.1, 0.15) is 36.8 Å². The largest absolute Gasteiger partial charge is 0.382 e. The molecule has 2 rings (SSSR count). The highest BCUT2D eigenvalue weighted by Crippen LogP contribution is 2.23. The average molecular weight is 292 g/mol. The van der Waals surface area contributed by atoms with Crippen LogP contribution in [0.3, 0.4) is 0 Å². The molecule has 5 heteroatoms. The van der Waals surface area contributed by atoms with Crippen molar-refractivity contribution in [2.75, 3.05) is 26.8 Å². The van der Waals surface area contributed by atoms with Crippen molar-refractivity contribution in [2.45, 2.75) is 38.9 Å². The minimum Gasteiger partial charge on any atom is -0.382 e. The zero-order chi connectivity index (χ0) is 15.5. The predicted octanol–water partition coefficient (Wildman–Crippen LogP) is 1.91. The number of methoxy groups -OCH3 is 1. The van der Waals surface area contributed by atoms with Crippen molar-refractivity contribution < 1.29 is 14.3 Å². The minimum absolute atomic E-state index is 0.0232. The van der Waals surface area contributed by atoms with E-state index in [1.807, 2.05) is 37.8 Å². The molecule has 1 fully saturated rings. The first-order valence-corrected chi connectivity index (χ1v) is 7.36. The number of hydrogen-bond acceptors (Lipinski definition) is 4. The van der Waals surface area contributed by atoms with Crippen LogP contribution >= 0.6 is 0 Å². The SMILES string of the molecule is CCc1cccnc1C(=O)N1CC(COC)OC(C)(C)C1. The molecule has 1 saturated heterocycles. The molecule has 116 valence electrons. The lowest BCUT2D eigenvalue weighted by molar-refractivity contribution is -0.143. The maximum atomic E-state index is 12.8. The molecule has 1 aliphatic heterocycles. The monoisotopic (exact) mass is 292 g/mol. The molecule has 1 atom stereocenters. The molecule has 2 heterocycles. The van der Waals surface area contributed by atoms with Crippen molar-refractivity contribution in [2.24, 2.45) is 0 Å². The van der Waals surface area contributed by atoms with E-state index in [-0.39, 0.29) is 17.6 Å². The lowest BCUT2D eigenvalue weighted by atomic mass is 10.0. The van der Waals surface area contributed by atoms with Crippen LogP contribution in [-0.2, 0) is 15.9 Å². The van der Waals surface area contributed by atoms with Crippen LogP contribution in [0.4, 0.5) is 0 Å². The van der Waals surface area contributed by atoms with Crippen molar-refractivity contribution in [3.63, 3.8) is 0 Å². The maximum absolute atomic E-state index is 12.8. The quantitative estimate of drug-likeness (QED) is 0.850. The third-order valence-corrected chi connectivity index (χ3v) is 3.60. The number of carbonyl (C=O) groups is 1. The zero-order valence-corrected chi connectivity index (χ0v) is 13.3. The van der Waals surface area contributed by atoms with Crippen LogP contribution in [0.2, 0.25) is 0 Å². The van der Waals surface area contributed by atoms with Crippen LogP contribution < -0.4 is 0 Å². The molecule has 1 amide bonds. The van der Waals surface area contributed by atoms with Gasteiger partial charge in [0.15, 0.2) is 0 Å². The fourth-order valence-corrected chi connectivity index (χ4v) is 2.79. The topological polar surface area (TPSA) is 51.7 Å². The number of aryl methyl sites for hydroxylation is 1. The van der Waals surface area contributed by atoms with Gasteiger partial charge < -0.3 is 14.4 Å². The second kappa shape index (κ2) is 6.54. The summed E-state index contributed by atoms with van der Waals surface area (Å²) in [6.45, 7) is 7.60. The Morgan fingerprint density at radius 2 is 2.33 bits per heavy atom. The second-order valence-corrected chi connectivity index (χ2v) is 6.01. The van der Waals surface area contributed by atoms with Gasteiger partial charge in [0, 0.05) is 26.4 Å². The highest BCUT2D eigenvalue weighted by molar-refractivity contribution is 5.93. The summed E-state index contributed by atoms with van der Waals surface area (Å²) in [5.74, 6) is -0.0232. The first-order chi connectivity index (χ1) is 9.96. The number of pyridine rings is 1. The fraction of sp³-hybridized carbons (Fsp3) is 0.625. The molecule has 1 aromatic heterocycles. The van der Waals surface area contributed by atoms with E-state index in [0.717, 1.165) is 12.0 Å². The predicted molar refractivity (Wildman–Crippen MR) is 80.3 cm³/mol. The van der Waals surface area contributed by atoms with E-state index in [1.54, 1.807) is 13.3 Å². The van der Waals surface area contributed by atoms with E-state index in [9.17, 15) is 4.79 Å². The second-order valence-electron chi connectivity index (χ2n) is 6.01. The van der Waals surface area contributed by atoms with E-state index in [2.05, 4.69) is 4.98 Å². The zero-order valence-electron chi connectivity index (χ0n) is 13.3. The highest BCUT2D eigenvalue weighted by atomic mass is 16.5. The summed E-state index contributed by atoms with van der Waals surface area (Å²) in [5.41, 5.74) is 1.15. The van der Waals surface area contributed by atoms with E-state index < -0.39 is 0 Å². The standard InChI is InChI=1S/C16H24N2O3/c1-5-12-7-6-8-17-14(12)15(19)18-9-13(10-20-4)21-16(2,3)11-18/h6-8,13H,5,9-11H2,1-4H3. The third kappa shape index (κ3) is 3.80. The Morgan fingerprint density at radius 1 is 1.57 bits per heavy atom. The van der Waals surface area contributed by atoms with Gasteiger partial charge in [-0.3, -0.25) is 9.78 Å². The van der Waals surface area contributed by atoms with Gasteiger partial charge in [-0.05, 0) is 31.9 Å². The summed E-state index contributed by atoms with van der Waals surface area (Å²) >= 11 is 0. The number of carbonyl (C=O) groups excluding carboxylic acids is 1. The van der Waals surface area contributed by atoms with Gasteiger partial charge in [-0.1, -0.05) is 13.0 Å². The molecule has 1 aromatic rings. The van der Waals surface area contributed by atoms with Gasteiger partial charge in [-0.2, -0.15) is 0 Å². The van der Waals surface area contributed by atoms with Crippen LogP contribution in [0.15, 0.2) is 18.3 Å². The maximum Gasteiger partial charge on any atom is 0.272 e. The van der Waals surface area contributed by atoms with E-state index in [4.69, 9.17) is 9.47 Å². The highest BCUT2D eigenvalue weighted by Gasteiger charge is 2.36. The van der Waals surface area contributed by atoms with Gasteiger partial charge in [0.05, 0.1) is 18.3 Å². The Kier molecular flexibility index (Phi) is 4.96. The van der Waals surface area contributed by atoms with Gasteiger partial charge in [0.25, 0.3) is 5.91 Å². The fourth-order valence-electron chi connectivity index (χ4n) is 2.79. The van der Waals surface area contributed by atoms with Crippen molar-refractivity contribution in [3.8, 4) is 0 Å². The summed E-state index contributed by atoms with van der Waals surface area (Å²) < 4.78 is 11.1. The Hall–Kier alpha value is -1.46. The summed E-state index contributed by atoms with van der Waals surface area (Å²) in [6, 6.07) is 3.82. The normalized spacial score (nSPS) is 21.3. The smallest absolute Gasteiger partial charge is 0.272 e. The number of nitrogens with zero attached hydrogens (tertiary/aromatic N) is 2. The van der Waals surface area contributed by atoms with Crippen molar-refractivity contribution >= 4 is 5.91 Å². The van der Waals surface area contributed by atoms with E-state index in [0.29, 0.717) is 25.4 Å². The summed E-state index contributed by atoms with van der Waals surface area (Å²) in [4.78, 5) is 18.9. The third-order valence-electron chi connectivity index (χ3n) is 3.60. The number of aromatic nitrogens is 1. The van der Waals surface area contributed by atoms with E-state index >= 15 is 0 Å². The summed E-state index contributed by atoms with van der Waals surface area (Å²) in [6.07, 6.45) is 2.37. The number of amides is 1. The van der Waals surface area contributed by atoms with Gasteiger partial charge in [0.1, 0.15) is 5.69 Å². The lowest BCUT2D eigenvalue weighted by Crippen LogP contribution is -2.55. The van der Waals surface area contributed by atoms with Crippen molar-refractivity contribution in [3.05, 3.63) is 29.6 Å². The van der Waals surface area contributed by atoms with Gasteiger partial charge >= 0.3 is 0 Å². The van der Waals surface area contributed by atoms with Gasteiger partial charge in [-0.15, -0.1) is 0 Å². The Morgan fingerprint density at radius 3 is 3.00 bits per heavy atom. The first kappa shape index (κ1) is 15.9. The van der Waals surface area contributed by atoms with Gasteiger partial charge in [-0.25, -0.2) is 0 Å². The molecule has 5 nitrogen and oxygen atoms in total. The summed E-state index contributed by atoms with van der Waals surface area (Å²) in [7, 11) is 1.64. The van der Waals surface area contributed by atoms with Crippen molar-refractivity contribution in [1.82, 2.24) is 9.88 Å². The lowest BCUT2D eigenvalue weighted by Gasteiger charge is -2.42. The molecule has 0 spiro atoms. The number of ether oxygens (including phenoxy) is 2. The molecule has 1 unspecified atom stereocenters.